The lowest BCUT2D eigenvalue weighted by Crippen LogP contribution is -2.04. The molecular formula is C20H20O9. The molecule has 1 heterocycles. The van der Waals surface area contributed by atoms with Crippen LogP contribution in [0.25, 0.3) is 22.3 Å². The first-order valence-corrected chi connectivity index (χ1v) is 8.35. The molecule has 2 aromatic carbocycles. The maximum absolute atomic E-state index is 12.8. The fraction of sp³-hybridized carbons (Fsp3) is 0.250. The molecule has 0 atom stereocenters. The second-order valence-electron chi connectivity index (χ2n) is 5.86. The second-order valence-corrected chi connectivity index (χ2v) is 5.86. The van der Waals surface area contributed by atoms with E-state index in [1.807, 2.05) is 0 Å². The largest absolute Gasteiger partial charge is 0.504 e. The van der Waals surface area contributed by atoms with E-state index in [9.17, 15) is 15.0 Å². The van der Waals surface area contributed by atoms with Crippen molar-refractivity contribution in [3.8, 4) is 51.6 Å². The normalized spacial score (nSPS) is 10.7. The molecule has 0 saturated heterocycles. The third-order valence-corrected chi connectivity index (χ3v) is 4.39. The number of hydrogen-bond donors (Lipinski definition) is 2. The summed E-state index contributed by atoms with van der Waals surface area (Å²) < 4.78 is 31.9. The van der Waals surface area contributed by atoms with Gasteiger partial charge < -0.3 is 38.3 Å². The molecule has 29 heavy (non-hydrogen) atoms. The predicted molar refractivity (Wildman–Crippen MR) is 104 cm³/mol. The Kier molecular flexibility index (Phi) is 5.31. The van der Waals surface area contributed by atoms with Crippen molar-refractivity contribution >= 4 is 11.0 Å². The van der Waals surface area contributed by atoms with E-state index in [4.69, 9.17) is 28.1 Å². The van der Waals surface area contributed by atoms with Gasteiger partial charge in [0.25, 0.3) is 0 Å². The molecule has 9 heteroatoms. The van der Waals surface area contributed by atoms with E-state index < -0.39 is 16.9 Å². The summed E-state index contributed by atoms with van der Waals surface area (Å²) in [6.45, 7) is 0. The third-order valence-electron chi connectivity index (χ3n) is 4.39. The van der Waals surface area contributed by atoms with Gasteiger partial charge in [0.05, 0.1) is 35.5 Å². The van der Waals surface area contributed by atoms with E-state index in [-0.39, 0.29) is 28.2 Å². The average Bonchev–Trinajstić information content (AvgIpc) is 2.72. The number of methoxy groups -OCH3 is 5. The highest BCUT2D eigenvalue weighted by Gasteiger charge is 2.25. The van der Waals surface area contributed by atoms with E-state index in [0.29, 0.717) is 22.8 Å². The van der Waals surface area contributed by atoms with Crippen LogP contribution in [-0.4, -0.2) is 45.8 Å². The second kappa shape index (κ2) is 7.70. The maximum Gasteiger partial charge on any atom is 0.208 e. The van der Waals surface area contributed by atoms with Gasteiger partial charge in [-0.3, -0.25) is 4.79 Å². The summed E-state index contributed by atoms with van der Waals surface area (Å²) in [6.07, 6.45) is 0. The van der Waals surface area contributed by atoms with Gasteiger partial charge in [0, 0.05) is 11.6 Å². The molecule has 3 aromatic rings. The van der Waals surface area contributed by atoms with Gasteiger partial charge in [-0.25, -0.2) is 0 Å². The SMILES string of the molecule is COc1cc(-c2cc(=O)c3c(O)c(OC)c(O)c(OC)c3o2)cc(OC)c1OC. The van der Waals surface area contributed by atoms with Gasteiger partial charge in [0.2, 0.25) is 23.0 Å². The summed E-state index contributed by atoms with van der Waals surface area (Å²) in [6, 6.07) is 4.39. The molecule has 0 fully saturated rings. The first-order chi connectivity index (χ1) is 13.9. The topological polar surface area (TPSA) is 117 Å². The molecule has 154 valence electrons. The number of hydrogen-bond acceptors (Lipinski definition) is 9. The van der Waals surface area contributed by atoms with E-state index in [1.54, 1.807) is 12.1 Å². The summed E-state index contributed by atoms with van der Waals surface area (Å²) in [5, 5.41) is 20.5. The van der Waals surface area contributed by atoms with Crippen molar-refractivity contribution in [3.63, 3.8) is 0 Å². The van der Waals surface area contributed by atoms with Crippen LogP contribution in [0.2, 0.25) is 0 Å². The number of phenols is 2. The molecule has 0 amide bonds. The van der Waals surface area contributed by atoms with Crippen molar-refractivity contribution in [2.24, 2.45) is 0 Å². The van der Waals surface area contributed by atoms with Gasteiger partial charge >= 0.3 is 0 Å². The van der Waals surface area contributed by atoms with Crippen LogP contribution in [0.1, 0.15) is 0 Å². The number of benzene rings is 2. The third kappa shape index (κ3) is 3.10. The Hall–Kier alpha value is -3.75. The van der Waals surface area contributed by atoms with Gasteiger partial charge in [-0.15, -0.1) is 0 Å². The van der Waals surface area contributed by atoms with Gasteiger partial charge in [0.15, 0.2) is 28.3 Å². The summed E-state index contributed by atoms with van der Waals surface area (Å²) in [7, 11) is 6.93. The molecule has 0 aliphatic heterocycles. The van der Waals surface area contributed by atoms with Crippen LogP contribution in [-0.2, 0) is 0 Å². The van der Waals surface area contributed by atoms with Crippen molar-refractivity contribution < 1.29 is 38.3 Å². The van der Waals surface area contributed by atoms with E-state index in [0.717, 1.165) is 0 Å². The van der Waals surface area contributed by atoms with Crippen LogP contribution >= 0.6 is 0 Å². The number of fused-ring (bicyclic) bond motifs is 1. The Morgan fingerprint density at radius 3 is 1.76 bits per heavy atom. The molecule has 0 radical (unpaired) electrons. The van der Waals surface area contributed by atoms with Crippen LogP contribution in [0.15, 0.2) is 27.4 Å². The molecule has 0 saturated carbocycles. The number of rotatable bonds is 6. The minimum atomic E-state index is -0.566. The molecule has 0 spiro atoms. The Morgan fingerprint density at radius 2 is 1.28 bits per heavy atom. The zero-order valence-corrected chi connectivity index (χ0v) is 16.5. The zero-order chi connectivity index (χ0) is 21.3. The summed E-state index contributed by atoms with van der Waals surface area (Å²) in [5.41, 5.74) is -0.265. The Bertz CT molecular complexity index is 1110. The summed E-state index contributed by atoms with van der Waals surface area (Å²) >= 11 is 0. The first kappa shape index (κ1) is 20.0. The van der Waals surface area contributed by atoms with Gasteiger partial charge in [-0.05, 0) is 12.1 Å². The molecule has 0 unspecified atom stereocenters. The quantitative estimate of drug-likeness (QED) is 0.639. The van der Waals surface area contributed by atoms with Crippen LogP contribution in [0, 0.1) is 0 Å². The fourth-order valence-electron chi connectivity index (χ4n) is 3.06. The monoisotopic (exact) mass is 404 g/mol. The van der Waals surface area contributed by atoms with E-state index in [2.05, 4.69) is 0 Å². The van der Waals surface area contributed by atoms with Crippen LogP contribution in [0.3, 0.4) is 0 Å². The Labute approximate surface area is 165 Å². The lowest BCUT2D eigenvalue weighted by atomic mass is 10.1. The van der Waals surface area contributed by atoms with Gasteiger partial charge in [0.1, 0.15) is 11.1 Å². The van der Waals surface area contributed by atoms with Crippen LogP contribution in [0.4, 0.5) is 0 Å². The van der Waals surface area contributed by atoms with E-state index >= 15 is 0 Å². The summed E-state index contributed by atoms with van der Waals surface area (Å²) in [4.78, 5) is 12.8. The average molecular weight is 404 g/mol. The zero-order valence-electron chi connectivity index (χ0n) is 16.5. The van der Waals surface area contributed by atoms with Crippen molar-refractivity contribution in [1.29, 1.82) is 0 Å². The number of ether oxygens (including phenoxy) is 5. The highest BCUT2D eigenvalue weighted by atomic mass is 16.5. The number of phenolic OH excluding ortho intramolecular Hbond substituents is 2. The molecule has 0 bridgehead atoms. The highest BCUT2D eigenvalue weighted by Crippen LogP contribution is 2.49. The molecule has 9 nitrogen and oxygen atoms in total. The highest BCUT2D eigenvalue weighted by molar-refractivity contribution is 5.95. The molecule has 0 aliphatic carbocycles. The smallest absolute Gasteiger partial charge is 0.208 e. The number of aromatic hydroxyl groups is 2. The van der Waals surface area contributed by atoms with Crippen molar-refractivity contribution in [2.75, 3.05) is 35.5 Å². The maximum atomic E-state index is 12.8. The lowest BCUT2D eigenvalue weighted by Gasteiger charge is -2.15. The minimum Gasteiger partial charge on any atom is -0.504 e. The van der Waals surface area contributed by atoms with Gasteiger partial charge in [-0.2, -0.15) is 0 Å². The molecule has 3 rings (SSSR count). The minimum absolute atomic E-state index is 0.129. The molecule has 2 N–H and O–H groups in total. The fourth-order valence-corrected chi connectivity index (χ4v) is 3.06. The standard InChI is InChI=1S/C20H20O9/c1-24-12-6-9(7-13(25-2)17(12)26-3)11-8-10(21)14-15(22)19(27-4)16(23)20(28-5)18(14)29-11/h6-8,22-23H,1-5H3. The van der Waals surface area contributed by atoms with Crippen molar-refractivity contribution in [2.45, 2.75) is 0 Å². The Balaban J connectivity index is 2.38. The predicted octanol–water partition coefficient (Wildman–Crippen LogP) is 2.91. The van der Waals surface area contributed by atoms with Crippen molar-refractivity contribution in [1.82, 2.24) is 0 Å². The molecule has 0 aliphatic rings. The van der Waals surface area contributed by atoms with Crippen LogP contribution < -0.4 is 29.1 Å². The summed E-state index contributed by atoms with van der Waals surface area (Å²) in [5.74, 6) is -0.267. The molecule has 1 aromatic heterocycles. The molecular weight excluding hydrogens is 384 g/mol. The first-order valence-electron chi connectivity index (χ1n) is 8.35. The lowest BCUT2D eigenvalue weighted by molar-refractivity contribution is 0.323. The Morgan fingerprint density at radius 1 is 0.724 bits per heavy atom. The van der Waals surface area contributed by atoms with Gasteiger partial charge in [-0.1, -0.05) is 0 Å². The van der Waals surface area contributed by atoms with Crippen LogP contribution in [0.5, 0.6) is 40.2 Å². The van der Waals surface area contributed by atoms with E-state index in [1.165, 1.54) is 41.6 Å². The van der Waals surface area contributed by atoms with Crippen molar-refractivity contribution in [3.05, 3.63) is 28.4 Å².